The molecule has 2 N–H and O–H groups in total. The van der Waals surface area contributed by atoms with Gasteiger partial charge in [0, 0.05) is 19.0 Å². The first kappa shape index (κ1) is 30.2. The second-order valence-corrected chi connectivity index (χ2v) is 13.9. The van der Waals surface area contributed by atoms with Crippen LogP contribution in [0.1, 0.15) is 65.7 Å². The van der Waals surface area contributed by atoms with Gasteiger partial charge in [-0.1, -0.05) is 33.6 Å². The fourth-order valence-corrected chi connectivity index (χ4v) is 7.39. The molecule has 238 valence electrons. The summed E-state index contributed by atoms with van der Waals surface area (Å²) in [6.45, 7) is 5.93. The van der Waals surface area contributed by atoms with Gasteiger partial charge in [0.1, 0.15) is 30.0 Å². The van der Waals surface area contributed by atoms with Crippen molar-refractivity contribution in [2.24, 2.45) is 23.2 Å². The summed E-state index contributed by atoms with van der Waals surface area (Å²) in [5.74, 6) is 0.331. The van der Waals surface area contributed by atoms with Crippen molar-refractivity contribution in [1.29, 1.82) is 0 Å². The first-order valence-corrected chi connectivity index (χ1v) is 15.7. The summed E-state index contributed by atoms with van der Waals surface area (Å²) in [7, 11) is 1.26. The summed E-state index contributed by atoms with van der Waals surface area (Å²) in [5, 5.41) is 13.3. The van der Waals surface area contributed by atoms with E-state index < -0.39 is 41.6 Å². The van der Waals surface area contributed by atoms with Crippen LogP contribution in [0.25, 0.3) is 10.9 Å². The van der Waals surface area contributed by atoms with E-state index in [0.717, 1.165) is 32.1 Å². The number of phenolic OH excluding ortho intramolecular Hbond substituents is 1. The van der Waals surface area contributed by atoms with Crippen LogP contribution in [-0.4, -0.2) is 75.5 Å². The molecule has 6 rings (SSSR count). The molecule has 7 atom stereocenters. The number of nitrogens with zero attached hydrogens (tertiary/aromatic N) is 3. The molecule has 2 amide bonds. The number of hydrogen-bond acceptors (Lipinski definition) is 9. The Hall–Kier alpha value is -3.83. The number of aromatic hydroxyl groups is 1. The third kappa shape index (κ3) is 5.82. The molecule has 12 nitrogen and oxygen atoms in total. The highest BCUT2D eigenvalue weighted by molar-refractivity contribution is 5.91. The Morgan fingerprint density at radius 1 is 1.07 bits per heavy atom. The summed E-state index contributed by atoms with van der Waals surface area (Å²) in [6.07, 6.45) is 4.03. The van der Waals surface area contributed by atoms with Crippen molar-refractivity contribution in [2.75, 3.05) is 13.7 Å². The number of rotatable bonds is 1. The van der Waals surface area contributed by atoms with Gasteiger partial charge in [0.05, 0.1) is 24.6 Å². The summed E-state index contributed by atoms with van der Waals surface area (Å²) < 4.78 is 18.8. The SMILES string of the molecule is COC(=O)[C@@H]1C[C@@H]2CN1C(=O)[C@H](C(C)(C)C)NC(=O)O[C@@H]1CC3C[C@@H]3[C@H]1CCCCCn1c(nc3cc(O)ccc3c1=O)O2. The van der Waals surface area contributed by atoms with Crippen LogP contribution in [0.4, 0.5) is 4.79 Å². The van der Waals surface area contributed by atoms with Crippen LogP contribution < -0.4 is 15.6 Å². The molecule has 1 aromatic carbocycles. The van der Waals surface area contributed by atoms with Crippen LogP contribution in [0, 0.1) is 23.2 Å². The average Bonchev–Trinajstić information content (AvgIpc) is 3.46. The van der Waals surface area contributed by atoms with Gasteiger partial charge < -0.3 is 29.5 Å². The zero-order valence-electron chi connectivity index (χ0n) is 25.8. The molecule has 0 spiro atoms. The Labute approximate surface area is 256 Å². The van der Waals surface area contributed by atoms with E-state index in [4.69, 9.17) is 14.2 Å². The fourth-order valence-electron chi connectivity index (χ4n) is 7.39. The fraction of sp³-hybridized carbons (Fsp3) is 0.656. The van der Waals surface area contributed by atoms with E-state index in [-0.39, 0.29) is 42.3 Å². The quantitative estimate of drug-likeness (QED) is 0.464. The number of aromatic nitrogens is 2. The predicted octanol–water partition coefficient (Wildman–Crippen LogP) is 3.36. The molecule has 1 aromatic heterocycles. The van der Waals surface area contributed by atoms with E-state index in [1.165, 1.54) is 28.7 Å². The maximum atomic E-state index is 14.1. The van der Waals surface area contributed by atoms with E-state index in [9.17, 15) is 24.3 Å². The molecule has 0 radical (unpaired) electrons. The Morgan fingerprint density at radius 3 is 2.61 bits per heavy atom. The van der Waals surface area contributed by atoms with Crippen molar-refractivity contribution in [3.05, 3.63) is 28.6 Å². The number of nitrogens with one attached hydrogen (secondary N) is 1. The Kier molecular flexibility index (Phi) is 7.96. The molecule has 44 heavy (non-hydrogen) atoms. The normalized spacial score (nSPS) is 31.0. The minimum atomic E-state index is -0.978. The molecule has 1 unspecified atom stereocenters. The highest BCUT2D eigenvalue weighted by Gasteiger charge is 2.54. The summed E-state index contributed by atoms with van der Waals surface area (Å²) >= 11 is 0. The summed E-state index contributed by atoms with van der Waals surface area (Å²) in [4.78, 5) is 59.9. The Bertz CT molecular complexity index is 1520. The van der Waals surface area contributed by atoms with Crippen molar-refractivity contribution >= 4 is 28.9 Å². The van der Waals surface area contributed by atoms with Crippen molar-refractivity contribution < 1.29 is 33.7 Å². The van der Waals surface area contributed by atoms with Crippen molar-refractivity contribution in [2.45, 2.75) is 96.6 Å². The second kappa shape index (κ2) is 11.6. The van der Waals surface area contributed by atoms with E-state index >= 15 is 0 Å². The predicted molar refractivity (Wildman–Crippen MR) is 159 cm³/mol. The van der Waals surface area contributed by atoms with Crippen LogP contribution in [0.15, 0.2) is 23.0 Å². The lowest BCUT2D eigenvalue weighted by Gasteiger charge is -2.35. The first-order valence-electron chi connectivity index (χ1n) is 15.7. The molecule has 12 heteroatoms. The van der Waals surface area contributed by atoms with Gasteiger partial charge in [-0.25, -0.2) is 9.59 Å². The standard InChI is InChI=1S/C32H42N4O8/c1-32(2,3)26-28(39)36-16-19(15-24(36)29(40)42-4)43-30-33-23-14-18(37)9-10-21(23)27(38)35(30)11-7-5-6-8-20-22-12-17(22)13-25(20)44-31(41)34-26/h9-10,14,17,19-20,22,24-26,37H,5-8,11-13,15-16H2,1-4H3,(H,34,41)/t17?,19-,20-,22+,24+,25-,26-/m1/s1. The molecule has 2 bridgehead atoms. The maximum Gasteiger partial charge on any atom is 0.408 e. The smallest absolute Gasteiger partial charge is 0.408 e. The van der Waals surface area contributed by atoms with E-state index in [1.54, 1.807) is 6.07 Å². The summed E-state index contributed by atoms with van der Waals surface area (Å²) in [5.41, 5.74) is -0.688. The van der Waals surface area contributed by atoms with Crippen LogP contribution in [0.3, 0.4) is 0 Å². The largest absolute Gasteiger partial charge is 0.508 e. The number of hydrogen-bond donors (Lipinski definition) is 2. The lowest BCUT2D eigenvalue weighted by molar-refractivity contribution is -0.152. The molecule has 2 saturated carbocycles. The van der Waals surface area contributed by atoms with Gasteiger partial charge in [-0.3, -0.25) is 14.2 Å². The van der Waals surface area contributed by atoms with Crippen LogP contribution >= 0.6 is 0 Å². The monoisotopic (exact) mass is 610 g/mol. The number of esters is 1. The number of ether oxygens (including phenoxy) is 3. The minimum Gasteiger partial charge on any atom is -0.508 e. The minimum absolute atomic E-state index is 0.0178. The number of amides is 2. The first-order chi connectivity index (χ1) is 20.9. The zero-order chi connectivity index (χ0) is 31.3. The topological polar surface area (TPSA) is 149 Å². The van der Waals surface area contributed by atoms with Gasteiger partial charge in [0.25, 0.3) is 11.6 Å². The molecule has 2 aliphatic heterocycles. The van der Waals surface area contributed by atoms with Gasteiger partial charge in [0.15, 0.2) is 0 Å². The van der Waals surface area contributed by atoms with Gasteiger partial charge in [-0.15, -0.1) is 0 Å². The molecule has 2 aliphatic carbocycles. The Balaban J connectivity index is 1.37. The lowest BCUT2D eigenvalue weighted by Crippen LogP contribution is -2.57. The summed E-state index contributed by atoms with van der Waals surface area (Å²) in [6, 6.07) is 2.55. The van der Waals surface area contributed by atoms with E-state index in [2.05, 4.69) is 10.3 Å². The number of alkyl carbamates (subject to hydrolysis) is 1. The van der Waals surface area contributed by atoms with Crippen LogP contribution in [0.2, 0.25) is 0 Å². The molecule has 3 fully saturated rings. The zero-order valence-corrected chi connectivity index (χ0v) is 25.8. The number of benzene rings is 1. The van der Waals surface area contributed by atoms with Gasteiger partial charge in [-0.05, 0) is 61.0 Å². The number of fused-ring (bicyclic) bond motifs is 7. The second-order valence-electron chi connectivity index (χ2n) is 13.9. The lowest BCUT2D eigenvalue weighted by atomic mass is 9.85. The van der Waals surface area contributed by atoms with Crippen LogP contribution in [-0.2, 0) is 25.6 Å². The molecule has 2 aromatic rings. The maximum absolute atomic E-state index is 14.1. The number of carbonyl (C=O) groups excluding carboxylic acids is 3. The number of carbonyl (C=O) groups is 3. The van der Waals surface area contributed by atoms with Crippen molar-refractivity contribution in [3.8, 4) is 11.8 Å². The number of methoxy groups -OCH3 is 1. The van der Waals surface area contributed by atoms with E-state index in [0.29, 0.717) is 35.7 Å². The van der Waals surface area contributed by atoms with Crippen molar-refractivity contribution in [1.82, 2.24) is 19.8 Å². The molecule has 1 saturated heterocycles. The third-order valence-corrected chi connectivity index (χ3v) is 9.79. The van der Waals surface area contributed by atoms with Crippen LogP contribution in [0.5, 0.6) is 11.8 Å². The van der Waals surface area contributed by atoms with E-state index in [1.807, 2.05) is 20.8 Å². The third-order valence-electron chi connectivity index (χ3n) is 9.79. The van der Waals surface area contributed by atoms with Gasteiger partial charge >= 0.3 is 12.1 Å². The molecule has 4 aliphatic rings. The highest BCUT2D eigenvalue weighted by Crippen LogP contribution is 2.57. The van der Waals surface area contributed by atoms with Gasteiger partial charge in [0.2, 0.25) is 5.91 Å². The number of phenols is 1. The Morgan fingerprint density at radius 2 is 1.86 bits per heavy atom. The molecule has 3 heterocycles. The molecular formula is C32H42N4O8. The van der Waals surface area contributed by atoms with Gasteiger partial charge in [-0.2, -0.15) is 4.98 Å². The van der Waals surface area contributed by atoms with Crippen molar-refractivity contribution in [3.63, 3.8) is 0 Å². The molecular weight excluding hydrogens is 568 g/mol. The average molecular weight is 611 g/mol. The highest BCUT2D eigenvalue weighted by atomic mass is 16.6.